The normalized spacial score (nSPS) is 11.9. The molecule has 0 atom stereocenters. The Morgan fingerprint density at radius 3 is 2.20 bits per heavy atom. The van der Waals surface area contributed by atoms with Crippen LogP contribution in [-0.2, 0) is 19.0 Å². The van der Waals surface area contributed by atoms with E-state index in [4.69, 9.17) is 4.74 Å². The summed E-state index contributed by atoms with van der Waals surface area (Å²) in [4.78, 5) is 15.0. The number of carbonyl (C=O) groups excluding carboxylic acids is 1. The van der Waals surface area contributed by atoms with Gasteiger partial charge in [0, 0.05) is 17.3 Å². The highest BCUT2D eigenvalue weighted by Crippen LogP contribution is 2.32. The van der Waals surface area contributed by atoms with Crippen molar-refractivity contribution in [1.82, 2.24) is 4.98 Å². The van der Waals surface area contributed by atoms with Crippen molar-refractivity contribution in [3.05, 3.63) is 83.0 Å². The maximum absolute atomic E-state index is 12.8. The lowest BCUT2D eigenvalue weighted by Crippen LogP contribution is -2.06. The average molecular weight is 425 g/mol. The van der Waals surface area contributed by atoms with Crippen LogP contribution in [0.1, 0.15) is 27.0 Å². The van der Waals surface area contributed by atoms with Gasteiger partial charge in [0.05, 0.1) is 16.8 Å². The second kappa shape index (κ2) is 8.17. The lowest BCUT2D eigenvalue weighted by Gasteiger charge is -2.12. The van der Waals surface area contributed by atoms with Crippen molar-refractivity contribution < 1.29 is 35.9 Å². The first-order chi connectivity index (χ1) is 14.1. The Bertz CT molecular complexity index is 1040. The molecule has 1 aromatic heterocycles. The largest absolute Gasteiger partial charge is 0.489 e. The average Bonchev–Trinajstić information content (AvgIpc) is 2.71. The van der Waals surface area contributed by atoms with E-state index in [1.54, 1.807) is 0 Å². The van der Waals surface area contributed by atoms with Crippen molar-refractivity contribution in [2.24, 2.45) is 0 Å². The van der Waals surface area contributed by atoms with Gasteiger partial charge in [0.15, 0.2) is 0 Å². The van der Waals surface area contributed by atoms with Crippen molar-refractivity contribution in [2.45, 2.75) is 19.0 Å². The highest BCUT2D eigenvalue weighted by Gasteiger charge is 2.31. The summed E-state index contributed by atoms with van der Waals surface area (Å²) in [5, 5.41) is 0. The number of nitrogens with zero attached hydrogens (tertiary/aromatic N) is 1. The van der Waals surface area contributed by atoms with Gasteiger partial charge in [0.1, 0.15) is 18.6 Å². The third kappa shape index (κ3) is 5.16. The van der Waals surface area contributed by atoms with Crippen LogP contribution in [-0.4, -0.2) is 11.3 Å². The fourth-order valence-electron chi connectivity index (χ4n) is 2.66. The van der Waals surface area contributed by atoms with Crippen LogP contribution in [0.4, 0.5) is 26.3 Å². The molecular weight excluding hydrogens is 412 g/mol. The number of pyridine rings is 1. The number of hydrogen-bond acceptors (Lipinski definition) is 3. The minimum absolute atomic E-state index is 0.161. The number of alkyl halides is 6. The van der Waals surface area contributed by atoms with Crippen LogP contribution in [0.5, 0.6) is 5.75 Å². The second-order valence-corrected chi connectivity index (χ2v) is 6.33. The molecule has 3 nitrogen and oxygen atoms in total. The van der Waals surface area contributed by atoms with Crippen LogP contribution in [0.2, 0.25) is 0 Å². The van der Waals surface area contributed by atoms with Gasteiger partial charge in [-0.25, -0.2) is 0 Å². The van der Waals surface area contributed by atoms with Gasteiger partial charge in [-0.05, 0) is 48.0 Å². The van der Waals surface area contributed by atoms with Gasteiger partial charge in [-0.2, -0.15) is 26.3 Å². The number of aromatic nitrogens is 1. The number of hydrogen-bond donors (Lipinski definition) is 0. The SMILES string of the molecule is O=Cc1cc(OCc2cccc(C(F)(F)F)c2)cc(-c2ccc(C(F)(F)F)cn2)c1. The van der Waals surface area contributed by atoms with Gasteiger partial charge in [0.2, 0.25) is 0 Å². The summed E-state index contributed by atoms with van der Waals surface area (Å²) in [5.74, 6) is 0.161. The predicted molar refractivity (Wildman–Crippen MR) is 95.8 cm³/mol. The molecule has 3 rings (SSSR count). The smallest absolute Gasteiger partial charge is 0.417 e. The van der Waals surface area contributed by atoms with E-state index in [0.717, 1.165) is 24.3 Å². The van der Waals surface area contributed by atoms with E-state index < -0.39 is 23.5 Å². The van der Waals surface area contributed by atoms with Crippen molar-refractivity contribution in [3.8, 4) is 17.0 Å². The van der Waals surface area contributed by atoms with E-state index in [1.165, 1.54) is 30.3 Å². The van der Waals surface area contributed by atoms with Gasteiger partial charge in [-0.3, -0.25) is 9.78 Å². The fourth-order valence-corrected chi connectivity index (χ4v) is 2.66. The summed E-state index contributed by atoms with van der Waals surface area (Å²) in [7, 11) is 0. The molecule has 0 radical (unpaired) electrons. The molecule has 2 aromatic carbocycles. The van der Waals surface area contributed by atoms with E-state index in [0.29, 0.717) is 18.0 Å². The summed E-state index contributed by atoms with van der Waals surface area (Å²) in [5.41, 5.74) is -0.801. The molecule has 0 aliphatic rings. The zero-order valence-corrected chi connectivity index (χ0v) is 15.1. The van der Waals surface area contributed by atoms with Crippen LogP contribution >= 0.6 is 0 Å². The van der Waals surface area contributed by atoms with E-state index in [9.17, 15) is 31.1 Å². The van der Waals surface area contributed by atoms with E-state index in [2.05, 4.69) is 4.98 Å². The number of aldehydes is 1. The Morgan fingerprint density at radius 2 is 1.60 bits per heavy atom. The third-order valence-corrected chi connectivity index (χ3v) is 4.11. The topological polar surface area (TPSA) is 39.2 Å². The molecular formula is C21H13F6NO2. The molecule has 0 bridgehead atoms. The van der Waals surface area contributed by atoms with Crippen LogP contribution in [0.3, 0.4) is 0 Å². The minimum atomic E-state index is -4.53. The van der Waals surface area contributed by atoms with Crippen LogP contribution in [0.15, 0.2) is 60.8 Å². The molecule has 0 N–H and O–H groups in total. The highest BCUT2D eigenvalue weighted by atomic mass is 19.4. The van der Waals surface area contributed by atoms with Crippen molar-refractivity contribution >= 4 is 6.29 Å². The first-order valence-electron chi connectivity index (χ1n) is 8.49. The Balaban J connectivity index is 1.84. The van der Waals surface area contributed by atoms with Crippen molar-refractivity contribution in [3.63, 3.8) is 0 Å². The van der Waals surface area contributed by atoms with Crippen LogP contribution < -0.4 is 4.74 Å². The lowest BCUT2D eigenvalue weighted by molar-refractivity contribution is -0.138. The molecule has 3 aromatic rings. The van der Waals surface area contributed by atoms with Crippen LogP contribution in [0.25, 0.3) is 11.3 Å². The monoisotopic (exact) mass is 425 g/mol. The summed E-state index contributed by atoms with van der Waals surface area (Å²) in [6.07, 6.45) is -7.83. The van der Waals surface area contributed by atoms with Gasteiger partial charge in [0.25, 0.3) is 0 Å². The molecule has 156 valence electrons. The molecule has 30 heavy (non-hydrogen) atoms. The number of rotatable bonds is 5. The van der Waals surface area contributed by atoms with E-state index in [-0.39, 0.29) is 29.2 Å². The Kier molecular flexibility index (Phi) is 5.82. The van der Waals surface area contributed by atoms with Crippen LogP contribution in [0, 0.1) is 0 Å². The molecule has 0 spiro atoms. The summed E-state index contributed by atoms with van der Waals surface area (Å²) in [6, 6.07) is 10.8. The quantitative estimate of drug-likeness (QED) is 0.362. The zero-order chi connectivity index (χ0) is 21.9. The number of ether oxygens (including phenoxy) is 1. The predicted octanol–water partition coefficient (Wildman–Crippen LogP) is 6.18. The maximum Gasteiger partial charge on any atom is 0.417 e. The molecule has 0 unspecified atom stereocenters. The van der Waals surface area contributed by atoms with Crippen molar-refractivity contribution in [1.29, 1.82) is 0 Å². The Hall–Kier alpha value is -3.36. The summed E-state index contributed by atoms with van der Waals surface area (Å²) < 4.78 is 82.0. The minimum Gasteiger partial charge on any atom is -0.489 e. The molecule has 0 saturated carbocycles. The highest BCUT2D eigenvalue weighted by molar-refractivity contribution is 5.79. The Morgan fingerprint density at radius 1 is 0.867 bits per heavy atom. The lowest BCUT2D eigenvalue weighted by atomic mass is 10.1. The molecule has 0 saturated heterocycles. The number of carbonyl (C=O) groups is 1. The maximum atomic E-state index is 12.8. The zero-order valence-electron chi connectivity index (χ0n) is 15.1. The molecule has 0 aliphatic heterocycles. The summed E-state index contributed by atoms with van der Waals surface area (Å²) in [6.45, 7) is -0.202. The third-order valence-electron chi connectivity index (χ3n) is 4.11. The first kappa shape index (κ1) is 21.4. The number of benzene rings is 2. The first-order valence-corrected chi connectivity index (χ1v) is 8.49. The fraction of sp³-hybridized carbons (Fsp3) is 0.143. The van der Waals surface area contributed by atoms with E-state index >= 15 is 0 Å². The second-order valence-electron chi connectivity index (χ2n) is 6.33. The number of halogens is 6. The molecule has 0 fully saturated rings. The van der Waals surface area contributed by atoms with Gasteiger partial charge < -0.3 is 4.74 Å². The van der Waals surface area contributed by atoms with Gasteiger partial charge >= 0.3 is 12.4 Å². The standard InChI is InChI=1S/C21H13F6NO2/c22-20(23,24)16-3-1-2-13(7-16)12-30-18-8-14(11-29)6-15(9-18)19-5-4-17(10-28-19)21(25,26)27/h1-11H,12H2. The van der Waals surface area contributed by atoms with Gasteiger partial charge in [-0.1, -0.05) is 12.1 Å². The molecule has 0 aliphatic carbocycles. The molecule has 9 heteroatoms. The molecule has 1 heterocycles. The molecule has 0 amide bonds. The van der Waals surface area contributed by atoms with Crippen molar-refractivity contribution in [2.75, 3.05) is 0 Å². The van der Waals surface area contributed by atoms with E-state index in [1.807, 2.05) is 0 Å². The van der Waals surface area contributed by atoms with Gasteiger partial charge in [-0.15, -0.1) is 0 Å². The summed E-state index contributed by atoms with van der Waals surface area (Å²) >= 11 is 0. The Labute approximate surface area is 166 Å².